The Hall–Kier alpha value is -0.650. The van der Waals surface area contributed by atoms with Crippen molar-refractivity contribution >= 4 is 5.97 Å². The van der Waals surface area contributed by atoms with Crippen LogP contribution in [0.5, 0.6) is 0 Å². The van der Waals surface area contributed by atoms with Gasteiger partial charge >= 0.3 is 5.97 Å². The summed E-state index contributed by atoms with van der Waals surface area (Å²) >= 11 is 0. The van der Waals surface area contributed by atoms with Crippen molar-refractivity contribution in [2.75, 3.05) is 13.6 Å². The lowest BCUT2D eigenvalue weighted by molar-refractivity contribution is -0.140. The van der Waals surface area contributed by atoms with Gasteiger partial charge in [0.1, 0.15) is 12.3 Å². The molecule has 0 rings (SSSR count). The number of hydrogen-bond acceptors (Lipinski definition) is 4. The molecule has 78 valence electrons. The first-order chi connectivity index (χ1) is 6.11. The first-order valence-electron chi connectivity index (χ1n) is 4.43. The summed E-state index contributed by atoms with van der Waals surface area (Å²) in [4.78, 5) is 10.7. The smallest absolute Gasteiger partial charge is 0.320 e. The summed E-state index contributed by atoms with van der Waals surface area (Å²) in [5.41, 5.74) is 0. The van der Waals surface area contributed by atoms with Crippen LogP contribution >= 0.6 is 0 Å². The molecule has 5 heteroatoms. The molecule has 0 aromatic rings. The first-order valence-corrected chi connectivity index (χ1v) is 4.43. The van der Waals surface area contributed by atoms with Gasteiger partial charge < -0.3 is 15.5 Å². The highest BCUT2D eigenvalue weighted by atomic mass is 16.4. The summed E-state index contributed by atoms with van der Waals surface area (Å²) < 4.78 is 0. The van der Waals surface area contributed by atoms with Gasteiger partial charge in [0.2, 0.25) is 0 Å². The van der Waals surface area contributed by atoms with Crippen LogP contribution in [0, 0.1) is 0 Å². The summed E-state index contributed by atoms with van der Waals surface area (Å²) in [7, 11) is 1.59. The Bertz CT molecular complexity index is 152. The van der Waals surface area contributed by atoms with E-state index in [0.717, 1.165) is 6.42 Å². The van der Waals surface area contributed by atoms with Gasteiger partial charge in [-0.2, -0.15) is 0 Å². The fourth-order valence-corrected chi connectivity index (χ4v) is 0.931. The maximum atomic E-state index is 10.7. The third kappa shape index (κ3) is 5.57. The number of carbonyl (C=O) groups is 1. The van der Waals surface area contributed by atoms with E-state index in [1.54, 1.807) is 7.05 Å². The molecular formula is C8H18N2O3. The molecular weight excluding hydrogens is 172 g/mol. The minimum absolute atomic E-state index is 0.172. The quantitative estimate of drug-likeness (QED) is 0.402. The minimum Gasteiger partial charge on any atom is -0.480 e. The Balaban J connectivity index is 3.87. The van der Waals surface area contributed by atoms with E-state index in [2.05, 4.69) is 10.6 Å². The van der Waals surface area contributed by atoms with Gasteiger partial charge in [0.25, 0.3) is 0 Å². The molecule has 2 atom stereocenters. The van der Waals surface area contributed by atoms with Crippen LogP contribution in [0.25, 0.3) is 0 Å². The fraction of sp³-hybridized carbons (Fsp3) is 0.875. The highest BCUT2D eigenvalue weighted by Crippen LogP contribution is 1.96. The topological polar surface area (TPSA) is 81.6 Å². The van der Waals surface area contributed by atoms with Crippen LogP contribution in [-0.4, -0.2) is 42.0 Å². The van der Waals surface area contributed by atoms with Crippen LogP contribution in [0.4, 0.5) is 0 Å². The zero-order chi connectivity index (χ0) is 10.3. The Morgan fingerprint density at radius 3 is 2.54 bits per heavy atom. The molecule has 0 aliphatic heterocycles. The van der Waals surface area contributed by atoms with Crippen LogP contribution in [-0.2, 0) is 4.79 Å². The van der Waals surface area contributed by atoms with Crippen molar-refractivity contribution in [3.63, 3.8) is 0 Å². The number of hydrogen-bond donors (Lipinski definition) is 4. The van der Waals surface area contributed by atoms with Crippen molar-refractivity contribution in [1.82, 2.24) is 10.6 Å². The van der Waals surface area contributed by atoms with E-state index < -0.39 is 18.2 Å². The SMILES string of the molecule is CCCNC(CC(O)NC)C(=O)O. The summed E-state index contributed by atoms with van der Waals surface area (Å²) in [5.74, 6) is -0.928. The lowest BCUT2D eigenvalue weighted by Crippen LogP contribution is -2.42. The maximum absolute atomic E-state index is 10.7. The van der Waals surface area contributed by atoms with Gasteiger partial charge in [-0.15, -0.1) is 0 Å². The first kappa shape index (κ1) is 12.3. The standard InChI is InChI=1S/C8H18N2O3/c1-3-4-10-6(8(12)13)5-7(11)9-2/h6-7,9-11H,3-5H2,1-2H3,(H,12,13). The molecule has 0 fully saturated rings. The number of aliphatic carboxylic acids is 1. The van der Waals surface area contributed by atoms with Gasteiger partial charge in [0, 0.05) is 6.42 Å². The second-order valence-corrected chi connectivity index (χ2v) is 2.89. The van der Waals surface area contributed by atoms with Crippen molar-refractivity contribution < 1.29 is 15.0 Å². The summed E-state index contributed by atoms with van der Waals surface area (Å²) in [6.45, 7) is 2.60. The summed E-state index contributed by atoms with van der Waals surface area (Å²) in [6, 6.07) is -0.678. The lowest BCUT2D eigenvalue weighted by atomic mass is 10.2. The molecule has 4 N–H and O–H groups in total. The molecule has 5 nitrogen and oxygen atoms in total. The largest absolute Gasteiger partial charge is 0.480 e. The third-order valence-corrected chi connectivity index (χ3v) is 1.73. The zero-order valence-electron chi connectivity index (χ0n) is 8.08. The molecule has 0 aromatic heterocycles. The molecule has 0 saturated heterocycles. The second-order valence-electron chi connectivity index (χ2n) is 2.89. The van der Waals surface area contributed by atoms with Crippen LogP contribution in [0.15, 0.2) is 0 Å². The van der Waals surface area contributed by atoms with Crippen molar-refractivity contribution in [2.24, 2.45) is 0 Å². The Morgan fingerprint density at radius 2 is 2.15 bits per heavy atom. The minimum atomic E-state index is -0.928. The Labute approximate surface area is 78.1 Å². The van der Waals surface area contributed by atoms with Crippen molar-refractivity contribution in [1.29, 1.82) is 0 Å². The van der Waals surface area contributed by atoms with E-state index in [9.17, 15) is 4.79 Å². The second kappa shape index (κ2) is 6.82. The molecule has 0 aliphatic carbocycles. The van der Waals surface area contributed by atoms with E-state index >= 15 is 0 Å². The van der Waals surface area contributed by atoms with Crippen LogP contribution < -0.4 is 10.6 Å². The summed E-state index contributed by atoms with van der Waals surface area (Å²) in [6.07, 6.45) is 0.274. The molecule has 0 heterocycles. The molecule has 0 aliphatic rings. The predicted octanol–water partition coefficient (Wildman–Crippen LogP) is -0.633. The van der Waals surface area contributed by atoms with Crippen molar-refractivity contribution in [3.05, 3.63) is 0 Å². The van der Waals surface area contributed by atoms with Crippen molar-refractivity contribution in [2.45, 2.75) is 32.0 Å². The molecule has 0 amide bonds. The molecule has 0 radical (unpaired) electrons. The monoisotopic (exact) mass is 190 g/mol. The van der Waals surface area contributed by atoms with Gasteiger partial charge in [-0.1, -0.05) is 6.92 Å². The molecule has 13 heavy (non-hydrogen) atoms. The molecule has 0 saturated carbocycles. The van der Waals surface area contributed by atoms with Crippen LogP contribution in [0.2, 0.25) is 0 Å². The van der Waals surface area contributed by atoms with Gasteiger partial charge in [0.15, 0.2) is 0 Å². The highest BCUT2D eigenvalue weighted by molar-refractivity contribution is 5.73. The molecule has 0 bridgehead atoms. The van der Waals surface area contributed by atoms with E-state index in [4.69, 9.17) is 10.2 Å². The predicted molar refractivity (Wildman–Crippen MR) is 49.4 cm³/mol. The number of aliphatic hydroxyl groups is 1. The van der Waals surface area contributed by atoms with Gasteiger partial charge in [-0.05, 0) is 20.0 Å². The Morgan fingerprint density at radius 1 is 1.54 bits per heavy atom. The zero-order valence-corrected chi connectivity index (χ0v) is 8.08. The van der Waals surface area contributed by atoms with Gasteiger partial charge in [0.05, 0.1) is 0 Å². The normalized spacial score (nSPS) is 15.3. The number of carboxylic acids is 1. The van der Waals surface area contributed by atoms with Crippen LogP contribution in [0.3, 0.4) is 0 Å². The van der Waals surface area contributed by atoms with Gasteiger partial charge in [-0.3, -0.25) is 10.1 Å². The number of nitrogens with one attached hydrogen (secondary N) is 2. The van der Waals surface area contributed by atoms with Crippen LogP contribution in [0.1, 0.15) is 19.8 Å². The highest BCUT2D eigenvalue weighted by Gasteiger charge is 2.19. The molecule has 2 unspecified atom stereocenters. The molecule has 0 aromatic carbocycles. The molecule has 0 spiro atoms. The fourth-order valence-electron chi connectivity index (χ4n) is 0.931. The van der Waals surface area contributed by atoms with E-state index in [0.29, 0.717) is 6.54 Å². The number of rotatable bonds is 7. The number of aliphatic hydroxyl groups excluding tert-OH is 1. The lowest BCUT2D eigenvalue weighted by Gasteiger charge is -2.17. The maximum Gasteiger partial charge on any atom is 0.320 e. The third-order valence-electron chi connectivity index (χ3n) is 1.73. The summed E-state index contributed by atoms with van der Waals surface area (Å²) in [5, 5.41) is 23.3. The average molecular weight is 190 g/mol. The van der Waals surface area contributed by atoms with E-state index in [-0.39, 0.29) is 6.42 Å². The van der Waals surface area contributed by atoms with E-state index in [1.165, 1.54) is 0 Å². The Kier molecular flexibility index (Phi) is 6.48. The average Bonchev–Trinajstić information content (AvgIpc) is 2.11. The van der Waals surface area contributed by atoms with Crippen molar-refractivity contribution in [3.8, 4) is 0 Å². The number of carboxylic acid groups (broad SMARTS) is 1. The van der Waals surface area contributed by atoms with E-state index in [1.807, 2.05) is 6.92 Å². The van der Waals surface area contributed by atoms with Gasteiger partial charge in [-0.25, -0.2) is 0 Å².